The van der Waals surface area contributed by atoms with Crippen molar-refractivity contribution in [2.45, 2.75) is 26.8 Å². The van der Waals surface area contributed by atoms with Crippen LogP contribution in [0.5, 0.6) is 0 Å². The largest absolute Gasteiger partial charge is 0.396 e. The summed E-state index contributed by atoms with van der Waals surface area (Å²) in [5, 5.41) is 12.5. The van der Waals surface area contributed by atoms with Crippen molar-refractivity contribution in [3.05, 3.63) is 34.3 Å². The molecule has 17 heavy (non-hydrogen) atoms. The number of carbonyl (C=O) groups excluding carboxylic acids is 1. The van der Waals surface area contributed by atoms with Gasteiger partial charge in [-0.2, -0.15) is 0 Å². The van der Waals surface area contributed by atoms with Crippen molar-refractivity contribution in [2.75, 3.05) is 6.61 Å². The van der Waals surface area contributed by atoms with E-state index in [4.69, 9.17) is 16.7 Å². The van der Waals surface area contributed by atoms with Crippen molar-refractivity contribution in [1.29, 1.82) is 0 Å². The van der Waals surface area contributed by atoms with Gasteiger partial charge < -0.3 is 10.4 Å². The Hall–Kier alpha value is -1.06. The minimum absolute atomic E-state index is 0.0338. The maximum atomic E-state index is 12.0. The first-order valence-corrected chi connectivity index (χ1v) is 6.01. The van der Waals surface area contributed by atoms with E-state index in [1.807, 2.05) is 20.8 Å². The standard InChI is InChI=1S/C13H18ClNO2/c1-8-6-11(14)4-5-12(8)13(17)15-10(3)9(2)7-16/h4-6,9-10,16H,7H2,1-3H3,(H,15,17)/t9-,10-/m0/s1. The number of amides is 1. The Kier molecular flexibility index (Phi) is 4.97. The SMILES string of the molecule is Cc1cc(Cl)ccc1C(=O)N[C@@H](C)[C@@H](C)CO. The zero-order valence-corrected chi connectivity index (χ0v) is 11.1. The summed E-state index contributed by atoms with van der Waals surface area (Å²) in [4.78, 5) is 12.0. The number of aliphatic hydroxyl groups is 1. The number of aryl methyl sites for hydroxylation is 1. The molecular formula is C13H18ClNO2. The van der Waals surface area contributed by atoms with Crippen LogP contribution in [0, 0.1) is 12.8 Å². The highest BCUT2D eigenvalue weighted by Crippen LogP contribution is 2.15. The van der Waals surface area contributed by atoms with Crippen LogP contribution in [0.15, 0.2) is 18.2 Å². The maximum absolute atomic E-state index is 12.0. The summed E-state index contributed by atoms with van der Waals surface area (Å²) in [5.74, 6) is -0.0986. The molecule has 1 aromatic rings. The minimum atomic E-state index is -0.132. The van der Waals surface area contributed by atoms with E-state index < -0.39 is 0 Å². The topological polar surface area (TPSA) is 49.3 Å². The number of halogens is 1. The molecule has 4 heteroatoms. The molecule has 0 radical (unpaired) electrons. The van der Waals surface area contributed by atoms with E-state index in [0.29, 0.717) is 10.6 Å². The molecule has 1 aromatic carbocycles. The molecule has 0 aromatic heterocycles. The van der Waals surface area contributed by atoms with Crippen molar-refractivity contribution in [3.8, 4) is 0 Å². The van der Waals surface area contributed by atoms with Crippen LogP contribution in [0.1, 0.15) is 29.8 Å². The Balaban J connectivity index is 2.76. The molecule has 0 aliphatic rings. The van der Waals surface area contributed by atoms with Gasteiger partial charge in [-0.1, -0.05) is 18.5 Å². The van der Waals surface area contributed by atoms with Crippen LogP contribution in [-0.4, -0.2) is 23.7 Å². The maximum Gasteiger partial charge on any atom is 0.251 e. The smallest absolute Gasteiger partial charge is 0.251 e. The average molecular weight is 256 g/mol. The van der Waals surface area contributed by atoms with Gasteiger partial charge in [0.15, 0.2) is 0 Å². The Morgan fingerprint density at radius 1 is 1.47 bits per heavy atom. The second-order valence-electron chi connectivity index (χ2n) is 4.38. The van der Waals surface area contributed by atoms with E-state index in [1.165, 1.54) is 0 Å². The van der Waals surface area contributed by atoms with Crippen LogP contribution in [0.25, 0.3) is 0 Å². The first-order valence-electron chi connectivity index (χ1n) is 5.63. The normalized spacial score (nSPS) is 14.2. The van der Waals surface area contributed by atoms with E-state index in [2.05, 4.69) is 5.32 Å². The molecule has 3 nitrogen and oxygen atoms in total. The number of aliphatic hydroxyl groups excluding tert-OH is 1. The van der Waals surface area contributed by atoms with E-state index in [1.54, 1.807) is 18.2 Å². The van der Waals surface area contributed by atoms with Crippen LogP contribution in [0.2, 0.25) is 5.02 Å². The second-order valence-corrected chi connectivity index (χ2v) is 4.82. The fourth-order valence-corrected chi connectivity index (χ4v) is 1.69. The number of benzene rings is 1. The van der Waals surface area contributed by atoms with E-state index in [9.17, 15) is 4.79 Å². The quantitative estimate of drug-likeness (QED) is 0.868. The Bertz CT molecular complexity index is 406. The number of hydrogen-bond donors (Lipinski definition) is 2. The summed E-state index contributed by atoms with van der Waals surface area (Å²) >= 11 is 5.84. The van der Waals surface area contributed by atoms with Gasteiger partial charge in [-0.05, 0) is 43.5 Å². The average Bonchev–Trinajstić information content (AvgIpc) is 2.27. The molecule has 2 atom stereocenters. The van der Waals surface area contributed by atoms with Gasteiger partial charge >= 0.3 is 0 Å². The molecule has 0 saturated heterocycles. The van der Waals surface area contributed by atoms with E-state index in [-0.39, 0.29) is 24.5 Å². The highest BCUT2D eigenvalue weighted by molar-refractivity contribution is 6.30. The van der Waals surface area contributed by atoms with Gasteiger partial charge in [0, 0.05) is 23.2 Å². The molecule has 0 heterocycles. The first kappa shape index (κ1) is 14.0. The minimum Gasteiger partial charge on any atom is -0.396 e. The number of rotatable bonds is 4. The molecule has 94 valence electrons. The molecular weight excluding hydrogens is 238 g/mol. The van der Waals surface area contributed by atoms with Crippen LogP contribution < -0.4 is 5.32 Å². The molecule has 0 saturated carbocycles. The number of hydrogen-bond acceptors (Lipinski definition) is 2. The number of carbonyl (C=O) groups is 1. The fourth-order valence-electron chi connectivity index (χ4n) is 1.47. The van der Waals surface area contributed by atoms with Crippen molar-refractivity contribution in [2.24, 2.45) is 5.92 Å². The summed E-state index contributed by atoms with van der Waals surface area (Å²) in [7, 11) is 0. The molecule has 0 aliphatic carbocycles. The van der Waals surface area contributed by atoms with Gasteiger partial charge in [0.2, 0.25) is 0 Å². The predicted octanol–water partition coefficient (Wildman–Crippen LogP) is 2.40. The molecule has 0 spiro atoms. The van der Waals surface area contributed by atoms with Gasteiger partial charge in [-0.15, -0.1) is 0 Å². The fraction of sp³-hybridized carbons (Fsp3) is 0.462. The molecule has 0 unspecified atom stereocenters. The highest BCUT2D eigenvalue weighted by atomic mass is 35.5. The lowest BCUT2D eigenvalue weighted by Crippen LogP contribution is -2.38. The van der Waals surface area contributed by atoms with Crippen molar-refractivity contribution in [3.63, 3.8) is 0 Å². The zero-order valence-electron chi connectivity index (χ0n) is 10.3. The van der Waals surface area contributed by atoms with Crippen molar-refractivity contribution < 1.29 is 9.90 Å². The third-order valence-corrected chi connectivity index (χ3v) is 3.17. The summed E-state index contributed by atoms with van der Waals surface area (Å²) < 4.78 is 0. The van der Waals surface area contributed by atoms with Crippen LogP contribution in [0.4, 0.5) is 0 Å². The van der Waals surface area contributed by atoms with Gasteiger partial charge in [0.25, 0.3) is 5.91 Å². The lowest BCUT2D eigenvalue weighted by atomic mass is 10.0. The zero-order chi connectivity index (χ0) is 13.0. The van der Waals surface area contributed by atoms with Crippen molar-refractivity contribution >= 4 is 17.5 Å². The first-order chi connectivity index (χ1) is 7.95. The monoisotopic (exact) mass is 255 g/mol. The third-order valence-electron chi connectivity index (χ3n) is 2.93. The molecule has 1 rings (SSSR count). The highest BCUT2D eigenvalue weighted by Gasteiger charge is 2.16. The molecule has 0 aliphatic heterocycles. The summed E-state index contributed by atoms with van der Waals surface area (Å²) in [6.07, 6.45) is 0. The Labute approximate surface area is 107 Å². The third kappa shape index (κ3) is 3.72. The van der Waals surface area contributed by atoms with E-state index >= 15 is 0 Å². The summed E-state index contributed by atoms with van der Waals surface area (Å²) in [5.41, 5.74) is 1.46. The van der Waals surface area contributed by atoms with Gasteiger partial charge in [0.1, 0.15) is 0 Å². The van der Waals surface area contributed by atoms with Gasteiger partial charge in [-0.3, -0.25) is 4.79 Å². The lowest BCUT2D eigenvalue weighted by Gasteiger charge is -2.19. The van der Waals surface area contributed by atoms with Gasteiger partial charge in [0.05, 0.1) is 0 Å². The Morgan fingerprint density at radius 2 is 2.12 bits per heavy atom. The Morgan fingerprint density at radius 3 is 2.65 bits per heavy atom. The van der Waals surface area contributed by atoms with Crippen molar-refractivity contribution in [1.82, 2.24) is 5.32 Å². The molecule has 2 N–H and O–H groups in total. The molecule has 0 fully saturated rings. The lowest BCUT2D eigenvalue weighted by molar-refractivity contribution is 0.0915. The van der Waals surface area contributed by atoms with Crippen LogP contribution >= 0.6 is 11.6 Å². The summed E-state index contributed by atoms with van der Waals surface area (Å²) in [6.45, 7) is 5.67. The predicted molar refractivity (Wildman–Crippen MR) is 69.4 cm³/mol. The van der Waals surface area contributed by atoms with Crippen LogP contribution in [0.3, 0.4) is 0 Å². The van der Waals surface area contributed by atoms with E-state index in [0.717, 1.165) is 5.56 Å². The molecule has 0 bridgehead atoms. The van der Waals surface area contributed by atoms with Crippen LogP contribution in [-0.2, 0) is 0 Å². The number of nitrogens with one attached hydrogen (secondary N) is 1. The van der Waals surface area contributed by atoms with Gasteiger partial charge in [-0.25, -0.2) is 0 Å². The summed E-state index contributed by atoms with van der Waals surface area (Å²) in [6, 6.07) is 5.10. The molecule has 1 amide bonds. The second kappa shape index (κ2) is 6.03.